The summed E-state index contributed by atoms with van der Waals surface area (Å²) in [5.74, 6) is -0.232. The number of allylic oxidation sites excluding steroid dienone is 1. The molecule has 1 aliphatic carbocycles. The van der Waals surface area contributed by atoms with E-state index in [1.54, 1.807) is 36.4 Å². The zero-order valence-corrected chi connectivity index (χ0v) is 15.9. The molecule has 0 spiro atoms. The van der Waals surface area contributed by atoms with Crippen LogP contribution >= 0.6 is 12.0 Å². The zero-order chi connectivity index (χ0) is 20.1. The highest BCUT2D eigenvalue weighted by Crippen LogP contribution is 2.43. The summed E-state index contributed by atoms with van der Waals surface area (Å²) in [6.45, 7) is 1.81. The second kappa shape index (κ2) is 6.85. The molecule has 1 saturated carbocycles. The Kier molecular flexibility index (Phi) is 4.62. The molecule has 1 aromatic carbocycles. The number of amides is 1. The Labute approximate surface area is 163 Å². The van der Waals surface area contributed by atoms with Crippen molar-refractivity contribution >= 4 is 17.9 Å². The maximum Gasteiger partial charge on any atom is 0.435 e. The molecule has 28 heavy (non-hydrogen) atoms. The molecular weight excluding hydrogens is 393 g/mol. The van der Waals surface area contributed by atoms with E-state index >= 15 is 0 Å². The SMILES string of the molecule is CC1=C(NC(=O)c2ccc(-n3nc(C(F)(F)F)cc3C3CC3)cc2)SON1C. The van der Waals surface area contributed by atoms with Crippen molar-refractivity contribution < 1.29 is 22.2 Å². The molecule has 4 rings (SSSR count). The van der Waals surface area contributed by atoms with E-state index in [9.17, 15) is 18.0 Å². The highest BCUT2D eigenvalue weighted by Gasteiger charge is 2.38. The number of rotatable bonds is 4. The molecule has 0 bridgehead atoms. The molecule has 0 saturated heterocycles. The molecule has 1 N–H and O–H groups in total. The van der Waals surface area contributed by atoms with Gasteiger partial charge in [0.2, 0.25) is 0 Å². The number of hydrogen-bond donors (Lipinski definition) is 1. The summed E-state index contributed by atoms with van der Waals surface area (Å²) in [4.78, 5) is 12.4. The van der Waals surface area contributed by atoms with E-state index in [1.165, 1.54) is 4.68 Å². The quantitative estimate of drug-likeness (QED) is 0.765. The lowest BCUT2D eigenvalue weighted by Crippen LogP contribution is -2.22. The minimum atomic E-state index is -4.49. The largest absolute Gasteiger partial charge is 0.435 e. The van der Waals surface area contributed by atoms with Gasteiger partial charge in [-0.2, -0.15) is 22.6 Å². The van der Waals surface area contributed by atoms with Gasteiger partial charge in [0.25, 0.3) is 5.91 Å². The lowest BCUT2D eigenvalue weighted by molar-refractivity contribution is -0.141. The summed E-state index contributed by atoms with van der Waals surface area (Å²) >= 11 is 1.05. The molecule has 2 heterocycles. The fourth-order valence-corrected chi connectivity index (χ4v) is 3.49. The number of benzene rings is 1. The summed E-state index contributed by atoms with van der Waals surface area (Å²) in [6, 6.07) is 7.44. The monoisotopic (exact) mass is 410 g/mol. The van der Waals surface area contributed by atoms with E-state index in [-0.39, 0.29) is 11.8 Å². The number of carbonyl (C=O) groups is 1. The predicted octanol–water partition coefficient (Wildman–Crippen LogP) is 4.21. The number of aromatic nitrogens is 2. The van der Waals surface area contributed by atoms with E-state index in [4.69, 9.17) is 4.28 Å². The first kappa shape index (κ1) is 18.9. The Hall–Kier alpha value is -2.46. The van der Waals surface area contributed by atoms with Crippen molar-refractivity contribution in [2.75, 3.05) is 7.05 Å². The van der Waals surface area contributed by atoms with Crippen molar-refractivity contribution in [3.8, 4) is 5.69 Å². The normalized spacial score (nSPS) is 17.4. The molecule has 1 amide bonds. The van der Waals surface area contributed by atoms with Crippen molar-refractivity contribution in [2.24, 2.45) is 0 Å². The summed E-state index contributed by atoms with van der Waals surface area (Å²) < 4.78 is 45.7. The number of nitrogens with one attached hydrogen (secondary N) is 1. The molecule has 1 aliphatic heterocycles. The van der Waals surface area contributed by atoms with Gasteiger partial charge in [0.1, 0.15) is 5.03 Å². The molecular formula is C18H17F3N4O2S. The van der Waals surface area contributed by atoms with Gasteiger partial charge in [-0.3, -0.25) is 4.79 Å². The van der Waals surface area contributed by atoms with E-state index in [0.29, 0.717) is 22.0 Å². The van der Waals surface area contributed by atoms with Gasteiger partial charge in [-0.1, -0.05) is 0 Å². The Balaban J connectivity index is 1.57. The van der Waals surface area contributed by atoms with E-state index < -0.39 is 11.9 Å². The summed E-state index contributed by atoms with van der Waals surface area (Å²) in [5, 5.41) is 8.64. The van der Waals surface area contributed by atoms with Crippen LogP contribution in [0.3, 0.4) is 0 Å². The predicted molar refractivity (Wildman–Crippen MR) is 97.1 cm³/mol. The number of alkyl halides is 3. The van der Waals surface area contributed by atoms with Gasteiger partial charge in [0, 0.05) is 24.2 Å². The van der Waals surface area contributed by atoms with Crippen LogP contribution in [0.2, 0.25) is 0 Å². The van der Waals surface area contributed by atoms with Crippen molar-refractivity contribution in [2.45, 2.75) is 31.9 Å². The molecule has 0 radical (unpaired) electrons. The third kappa shape index (κ3) is 3.61. The van der Waals surface area contributed by atoms with Crippen LogP contribution in [-0.2, 0) is 10.5 Å². The third-order valence-electron chi connectivity index (χ3n) is 4.66. The van der Waals surface area contributed by atoms with Gasteiger partial charge in [0.15, 0.2) is 5.69 Å². The lowest BCUT2D eigenvalue weighted by atomic mass is 10.2. The Morgan fingerprint density at radius 2 is 1.96 bits per heavy atom. The smallest absolute Gasteiger partial charge is 0.313 e. The molecule has 1 fully saturated rings. The number of halogens is 3. The van der Waals surface area contributed by atoms with Crippen molar-refractivity contribution in [1.29, 1.82) is 0 Å². The van der Waals surface area contributed by atoms with Crippen molar-refractivity contribution in [3.05, 3.63) is 58.0 Å². The molecule has 6 nitrogen and oxygen atoms in total. The summed E-state index contributed by atoms with van der Waals surface area (Å²) in [5.41, 5.74) is 1.30. The van der Waals surface area contributed by atoms with Gasteiger partial charge in [-0.05, 0) is 50.1 Å². The minimum absolute atomic E-state index is 0.0952. The van der Waals surface area contributed by atoms with Crippen LogP contribution in [0.15, 0.2) is 41.1 Å². The number of nitrogens with zero attached hydrogens (tertiary/aromatic N) is 3. The van der Waals surface area contributed by atoms with Crippen molar-refractivity contribution in [1.82, 2.24) is 20.2 Å². The molecule has 0 unspecified atom stereocenters. The molecule has 0 atom stereocenters. The first-order valence-electron chi connectivity index (χ1n) is 8.62. The van der Waals surface area contributed by atoms with Crippen LogP contribution in [0, 0.1) is 0 Å². The topological polar surface area (TPSA) is 59.4 Å². The lowest BCUT2D eigenvalue weighted by Gasteiger charge is -2.09. The zero-order valence-electron chi connectivity index (χ0n) is 15.1. The van der Waals surface area contributed by atoms with Crippen LogP contribution in [-0.4, -0.2) is 27.8 Å². The molecule has 148 valence electrons. The fraction of sp³-hybridized carbons (Fsp3) is 0.333. The fourth-order valence-electron chi connectivity index (χ4n) is 2.80. The van der Waals surface area contributed by atoms with E-state index in [1.807, 2.05) is 6.92 Å². The average molecular weight is 410 g/mol. The number of hydrogen-bond acceptors (Lipinski definition) is 5. The molecule has 1 aromatic heterocycles. The second-order valence-electron chi connectivity index (χ2n) is 6.71. The molecule has 2 aromatic rings. The van der Waals surface area contributed by atoms with Crippen LogP contribution in [0.4, 0.5) is 13.2 Å². The Morgan fingerprint density at radius 1 is 1.29 bits per heavy atom. The van der Waals surface area contributed by atoms with E-state index in [0.717, 1.165) is 36.6 Å². The van der Waals surface area contributed by atoms with Crippen LogP contribution in [0.5, 0.6) is 0 Å². The van der Waals surface area contributed by atoms with Crippen LogP contribution in [0.25, 0.3) is 5.69 Å². The third-order valence-corrected chi connectivity index (χ3v) is 5.52. The maximum absolute atomic E-state index is 13.1. The van der Waals surface area contributed by atoms with Crippen LogP contribution in [0.1, 0.15) is 47.4 Å². The highest BCUT2D eigenvalue weighted by atomic mass is 32.2. The summed E-state index contributed by atoms with van der Waals surface area (Å²) in [7, 11) is 1.73. The van der Waals surface area contributed by atoms with Gasteiger partial charge < -0.3 is 5.32 Å². The minimum Gasteiger partial charge on any atom is -0.313 e. The Bertz CT molecular complexity index is 949. The molecule has 2 aliphatic rings. The maximum atomic E-state index is 13.1. The van der Waals surface area contributed by atoms with Crippen molar-refractivity contribution in [3.63, 3.8) is 0 Å². The first-order chi connectivity index (χ1) is 13.2. The second-order valence-corrected chi connectivity index (χ2v) is 7.43. The first-order valence-corrected chi connectivity index (χ1v) is 9.36. The van der Waals surface area contributed by atoms with Gasteiger partial charge in [-0.15, -0.1) is 0 Å². The van der Waals surface area contributed by atoms with Gasteiger partial charge in [-0.25, -0.2) is 9.75 Å². The standard InChI is InChI=1S/C18H17F3N4O2S/c1-10-17(28-27-24(10)2)22-16(26)12-5-7-13(8-6-12)25-14(11-3-4-11)9-15(23-25)18(19,20)21/h5-9,11H,3-4H2,1-2H3,(H,22,26). The average Bonchev–Trinajstić information content (AvgIpc) is 3.32. The van der Waals surface area contributed by atoms with Gasteiger partial charge >= 0.3 is 6.18 Å². The number of hydroxylamine groups is 2. The number of carbonyl (C=O) groups excluding carboxylic acids is 1. The van der Waals surface area contributed by atoms with E-state index in [2.05, 4.69) is 10.4 Å². The van der Waals surface area contributed by atoms with Crippen LogP contribution < -0.4 is 5.32 Å². The Morgan fingerprint density at radius 3 is 2.50 bits per heavy atom. The highest BCUT2D eigenvalue weighted by molar-refractivity contribution is 7.98. The summed E-state index contributed by atoms with van der Waals surface area (Å²) in [6.07, 6.45) is -2.78. The molecule has 10 heteroatoms. The van der Waals surface area contributed by atoms with Gasteiger partial charge in [0.05, 0.1) is 23.4 Å².